The zero-order valence-electron chi connectivity index (χ0n) is 8.69. The molecule has 0 radical (unpaired) electrons. The molecule has 0 saturated carbocycles. The Morgan fingerprint density at radius 2 is 2.06 bits per heavy atom. The fourth-order valence-electron chi connectivity index (χ4n) is 1.55. The van der Waals surface area contributed by atoms with Crippen molar-refractivity contribution in [2.24, 2.45) is 0 Å². The summed E-state index contributed by atoms with van der Waals surface area (Å²) in [6, 6.07) is 4.47. The number of nitrogens with one attached hydrogen (secondary N) is 1. The van der Waals surface area contributed by atoms with Crippen LogP contribution in [0.4, 0.5) is 0 Å². The van der Waals surface area contributed by atoms with Crippen LogP contribution < -0.4 is 9.46 Å². The van der Waals surface area contributed by atoms with E-state index in [2.05, 4.69) is 4.72 Å². The number of hydrogen-bond acceptors (Lipinski definition) is 4. The molecule has 1 aromatic carbocycles. The van der Waals surface area contributed by atoms with Crippen molar-refractivity contribution >= 4 is 16.0 Å². The Morgan fingerprint density at radius 1 is 1.31 bits per heavy atom. The quantitative estimate of drug-likeness (QED) is 0.602. The third-order valence-corrected chi connectivity index (χ3v) is 3.85. The number of ether oxygens (including phenoxy) is 1. The summed E-state index contributed by atoms with van der Waals surface area (Å²) in [6.07, 6.45) is 0.803. The molecule has 0 atom stereocenters. The van der Waals surface area contributed by atoms with Crippen LogP contribution in [0.2, 0.25) is 0 Å². The Labute approximate surface area is 93.5 Å². The molecule has 0 amide bonds. The highest BCUT2D eigenvalue weighted by atomic mass is 32.2. The van der Waals surface area contributed by atoms with Gasteiger partial charge in [-0.2, -0.15) is 0 Å². The predicted molar refractivity (Wildman–Crippen MR) is 56.6 cm³/mol. The number of rotatable bonds is 2. The molecule has 1 heterocycles. The summed E-state index contributed by atoms with van der Waals surface area (Å²) in [7, 11) is -2.08. The van der Waals surface area contributed by atoms with Crippen LogP contribution in [0, 0.1) is 0 Å². The Balaban J connectivity index is 2.45. The van der Waals surface area contributed by atoms with E-state index < -0.39 is 10.0 Å². The van der Waals surface area contributed by atoms with Crippen LogP contribution in [0.1, 0.15) is 12.0 Å². The maximum Gasteiger partial charge on any atom is 0.311 e. The van der Waals surface area contributed by atoms with Gasteiger partial charge in [-0.1, -0.05) is 0 Å². The topological polar surface area (TPSA) is 72.5 Å². The van der Waals surface area contributed by atoms with Crippen LogP contribution >= 0.6 is 0 Å². The molecule has 0 aromatic heterocycles. The molecule has 0 unspecified atom stereocenters. The van der Waals surface area contributed by atoms with E-state index in [9.17, 15) is 13.2 Å². The van der Waals surface area contributed by atoms with Crippen molar-refractivity contribution in [2.45, 2.75) is 17.7 Å². The lowest BCUT2D eigenvalue weighted by Crippen LogP contribution is -2.20. The first-order valence-electron chi connectivity index (χ1n) is 4.80. The third kappa shape index (κ3) is 1.94. The molecule has 0 aliphatic carbocycles. The summed E-state index contributed by atoms with van der Waals surface area (Å²) in [5, 5.41) is 0. The highest BCUT2D eigenvalue weighted by molar-refractivity contribution is 7.89. The smallest absolute Gasteiger partial charge is 0.311 e. The zero-order valence-corrected chi connectivity index (χ0v) is 9.50. The summed E-state index contributed by atoms with van der Waals surface area (Å²) in [4.78, 5) is 11.2. The van der Waals surface area contributed by atoms with Crippen LogP contribution in [0.3, 0.4) is 0 Å². The summed E-state index contributed by atoms with van der Waals surface area (Å²) >= 11 is 0. The molecule has 1 aliphatic rings. The van der Waals surface area contributed by atoms with Crippen LogP contribution in [-0.4, -0.2) is 21.4 Å². The second-order valence-corrected chi connectivity index (χ2v) is 5.34. The number of benzene rings is 1. The minimum atomic E-state index is -3.44. The first-order chi connectivity index (χ1) is 7.53. The van der Waals surface area contributed by atoms with Gasteiger partial charge in [0.15, 0.2) is 0 Å². The second kappa shape index (κ2) is 3.88. The van der Waals surface area contributed by atoms with E-state index in [1.165, 1.54) is 25.2 Å². The van der Waals surface area contributed by atoms with E-state index in [0.29, 0.717) is 12.2 Å². The van der Waals surface area contributed by atoms with Crippen LogP contribution in [0.15, 0.2) is 23.1 Å². The fourth-order valence-corrected chi connectivity index (χ4v) is 2.33. The minimum absolute atomic E-state index is 0.187. The Hall–Kier alpha value is -1.40. The van der Waals surface area contributed by atoms with Gasteiger partial charge in [-0.05, 0) is 37.2 Å². The Morgan fingerprint density at radius 3 is 2.75 bits per heavy atom. The summed E-state index contributed by atoms with van der Waals surface area (Å²) in [6.45, 7) is 0. The molecule has 2 rings (SSSR count). The Bertz CT molecular complexity index is 536. The monoisotopic (exact) mass is 241 g/mol. The second-order valence-electron chi connectivity index (χ2n) is 3.45. The molecule has 0 bridgehead atoms. The standard InChI is InChI=1S/C10H11NO4S/c1-11-16(13,14)8-3-4-9-7(6-8)2-5-10(12)15-9/h3-4,6,11H,2,5H2,1H3. The summed E-state index contributed by atoms with van der Waals surface area (Å²) < 4.78 is 30.3. The van der Waals surface area contributed by atoms with Gasteiger partial charge in [0.2, 0.25) is 10.0 Å². The normalized spacial score (nSPS) is 15.4. The van der Waals surface area contributed by atoms with Gasteiger partial charge in [0.1, 0.15) is 5.75 Å². The van der Waals surface area contributed by atoms with Gasteiger partial charge >= 0.3 is 5.97 Å². The number of carbonyl (C=O) groups is 1. The molecule has 1 aliphatic heterocycles. The average Bonchev–Trinajstić information content (AvgIpc) is 2.28. The maximum atomic E-state index is 11.5. The lowest BCUT2D eigenvalue weighted by Gasteiger charge is -2.16. The van der Waals surface area contributed by atoms with Gasteiger partial charge in [-0.15, -0.1) is 0 Å². The fraction of sp³-hybridized carbons (Fsp3) is 0.300. The number of hydrogen-bond donors (Lipinski definition) is 1. The van der Waals surface area contributed by atoms with E-state index in [1.807, 2.05) is 0 Å². The highest BCUT2D eigenvalue weighted by Crippen LogP contribution is 2.27. The number of esters is 1. The van der Waals surface area contributed by atoms with Crippen molar-refractivity contribution in [3.63, 3.8) is 0 Å². The lowest BCUT2D eigenvalue weighted by atomic mass is 10.1. The molecule has 6 heteroatoms. The molecule has 16 heavy (non-hydrogen) atoms. The van der Waals surface area contributed by atoms with Gasteiger partial charge < -0.3 is 4.74 Å². The van der Waals surface area contributed by atoms with E-state index in [1.54, 1.807) is 0 Å². The third-order valence-electron chi connectivity index (χ3n) is 2.43. The molecule has 1 aromatic rings. The summed E-state index contributed by atoms with van der Waals surface area (Å²) in [5.74, 6) is 0.169. The van der Waals surface area contributed by atoms with Crippen molar-refractivity contribution in [3.8, 4) is 5.75 Å². The zero-order chi connectivity index (χ0) is 11.8. The molecule has 5 nitrogen and oxygen atoms in total. The van der Waals surface area contributed by atoms with E-state index in [-0.39, 0.29) is 17.3 Å². The molecule has 0 saturated heterocycles. The number of carbonyl (C=O) groups excluding carboxylic acids is 1. The average molecular weight is 241 g/mol. The van der Waals surface area contributed by atoms with E-state index in [0.717, 1.165) is 5.56 Å². The predicted octanol–water partition coefficient (Wildman–Crippen LogP) is 0.446. The van der Waals surface area contributed by atoms with Crippen molar-refractivity contribution in [1.82, 2.24) is 4.72 Å². The van der Waals surface area contributed by atoms with Gasteiger partial charge in [0, 0.05) is 0 Å². The molecule has 0 fully saturated rings. The molecule has 1 N–H and O–H groups in total. The molecule has 0 spiro atoms. The lowest BCUT2D eigenvalue weighted by molar-refractivity contribution is -0.135. The number of aryl methyl sites for hydroxylation is 1. The van der Waals surface area contributed by atoms with Crippen molar-refractivity contribution in [1.29, 1.82) is 0 Å². The van der Waals surface area contributed by atoms with Crippen LogP contribution in [0.5, 0.6) is 5.75 Å². The van der Waals surface area contributed by atoms with Gasteiger partial charge in [-0.25, -0.2) is 13.1 Å². The van der Waals surface area contributed by atoms with Gasteiger partial charge in [0.25, 0.3) is 0 Å². The van der Waals surface area contributed by atoms with Crippen LogP contribution in [0.25, 0.3) is 0 Å². The minimum Gasteiger partial charge on any atom is -0.426 e. The number of fused-ring (bicyclic) bond motifs is 1. The van der Waals surface area contributed by atoms with Crippen LogP contribution in [-0.2, 0) is 21.2 Å². The Kier molecular flexibility index (Phi) is 2.69. The van der Waals surface area contributed by atoms with E-state index in [4.69, 9.17) is 4.74 Å². The largest absolute Gasteiger partial charge is 0.426 e. The SMILES string of the molecule is CNS(=O)(=O)c1ccc2c(c1)CCC(=O)O2. The van der Waals surface area contributed by atoms with E-state index >= 15 is 0 Å². The molecule has 86 valence electrons. The molecular weight excluding hydrogens is 230 g/mol. The first kappa shape index (κ1) is 11.1. The molecular formula is C10H11NO4S. The summed E-state index contributed by atoms with van der Waals surface area (Å²) in [5.41, 5.74) is 0.746. The van der Waals surface area contributed by atoms with Crippen molar-refractivity contribution < 1.29 is 17.9 Å². The first-order valence-corrected chi connectivity index (χ1v) is 6.28. The van der Waals surface area contributed by atoms with Gasteiger partial charge in [0.05, 0.1) is 11.3 Å². The maximum absolute atomic E-state index is 11.5. The van der Waals surface area contributed by atoms with Crippen molar-refractivity contribution in [2.75, 3.05) is 7.05 Å². The van der Waals surface area contributed by atoms with Gasteiger partial charge in [-0.3, -0.25) is 4.79 Å². The highest BCUT2D eigenvalue weighted by Gasteiger charge is 2.20. The number of sulfonamides is 1. The van der Waals surface area contributed by atoms with Crippen molar-refractivity contribution in [3.05, 3.63) is 23.8 Å².